The second kappa shape index (κ2) is 6.39. The molecule has 0 aliphatic carbocycles. The van der Waals surface area contributed by atoms with Gasteiger partial charge in [-0.3, -0.25) is 14.4 Å². The van der Waals surface area contributed by atoms with E-state index in [1.807, 2.05) is 13.8 Å². The molecule has 0 saturated carbocycles. The molecular formula is C15H19N3O3. The Balaban J connectivity index is 2.08. The van der Waals surface area contributed by atoms with Crippen LogP contribution in [0.3, 0.4) is 0 Å². The van der Waals surface area contributed by atoms with Gasteiger partial charge in [0.25, 0.3) is 5.91 Å². The Morgan fingerprint density at radius 1 is 1.33 bits per heavy atom. The van der Waals surface area contributed by atoms with Crippen LogP contribution in [0.5, 0.6) is 0 Å². The summed E-state index contributed by atoms with van der Waals surface area (Å²) in [5, 5.41) is 8.05. The van der Waals surface area contributed by atoms with Gasteiger partial charge in [-0.1, -0.05) is 19.1 Å². The molecule has 2 rings (SSSR count). The Bertz CT molecular complexity index is 571. The zero-order valence-electron chi connectivity index (χ0n) is 12.1. The molecular weight excluding hydrogens is 270 g/mol. The fraction of sp³-hybridized carbons (Fsp3) is 0.400. The van der Waals surface area contributed by atoms with Crippen molar-refractivity contribution in [3.05, 3.63) is 29.8 Å². The highest BCUT2D eigenvalue weighted by atomic mass is 16.2. The summed E-state index contributed by atoms with van der Waals surface area (Å²) in [4.78, 5) is 36.1. The summed E-state index contributed by atoms with van der Waals surface area (Å²) < 4.78 is 0. The van der Waals surface area contributed by atoms with E-state index in [-0.39, 0.29) is 30.2 Å². The van der Waals surface area contributed by atoms with Gasteiger partial charge in [0.2, 0.25) is 11.8 Å². The van der Waals surface area contributed by atoms with Crippen molar-refractivity contribution >= 4 is 23.4 Å². The number of fused-ring (bicyclic) bond motifs is 1. The van der Waals surface area contributed by atoms with Gasteiger partial charge in [-0.15, -0.1) is 0 Å². The zero-order chi connectivity index (χ0) is 15.4. The number of nitrogens with one attached hydrogen (secondary N) is 3. The van der Waals surface area contributed by atoms with Gasteiger partial charge in [0.1, 0.15) is 6.04 Å². The third-order valence-corrected chi connectivity index (χ3v) is 3.46. The molecule has 1 heterocycles. The van der Waals surface area contributed by atoms with Gasteiger partial charge in [0.15, 0.2) is 0 Å². The summed E-state index contributed by atoms with van der Waals surface area (Å²) in [6.07, 6.45) is 0.732. The second-order valence-electron chi connectivity index (χ2n) is 5.14. The van der Waals surface area contributed by atoms with Crippen LogP contribution in [0.2, 0.25) is 0 Å². The van der Waals surface area contributed by atoms with Crippen molar-refractivity contribution in [2.24, 2.45) is 0 Å². The number of hydrogen-bond acceptors (Lipinski definition) is 3. The van der Waals surface area contributed by atoms with Gasteiger partial charge in [-0.05, 0) is 25.5 Å². The van der Waals surface area contributed by atoms with Crippen LogP contribution in [0.1, 0.15) is 37.0 Å². The van der Waals surface area contributed by atoms with Gasteiger partial charge in [0.05, 0.1) is 17.7 Å². The fourth-order valence-electron chi connectivity index (χ4n) is 2.08. The van der Waals surface area contributed by atoms with E-state index in [1.165, 1.54) is 0 Å². The number of amides is 3. The molecule has 0 fully saturated rings. The highest BCUT2D eigenvalue weighted by Gasteiger charge is 2.29. The molecule has 1 aliphatic rings. The van der Waals surface area contributed by atoms with E-state index in [0.29, 0.717) is 11.3 Å². The smallest absolute Gasteiger partial charge is 0.254 e. The van der Waals surface area contributed by atoms with Crippen LogP contribution < -0.4 is 16.0 Å². The van der Waals surface area contributed by atoms with Crippen LogP contribution in [0.15, 0.2) is 24.3 Å². The summed E-state index contributed by atoms with van der Waals surface area (Å²) in [7, 11) is 0. The summed E-state index contributed by atoms with van der Waals surface area (Å²) in [5.41, 5.74) is 0.862. The molecule has 0 aromatic heterocycles. The minimum atomic E-state index is -0.867. The van der Waals surface area contributed by atoms with Crippen molar-refractivity contribution in [2.75, 3.05) is 5.32 Å². The Morgan fingerprint density at radius 2 is 2.05 bits per heavy atom. The molecule has 21 heavy (non-hydrogen) atoms. The summed E-state index contributed by atoms with van der Waals surface area (Å²) >= 11 is 0. The number of anilines is 1. The van der Waals surface area contributed by atoms with E-state index in [4.69, 9.17) is 0 Å². The summed E-state index contributed by atoms with van der Waals surface area (Å²) in [6.45, 7) is 3.85. The van der Waals surface area contributed by atoms with Crippen LogP contribution in [-0.2, 0) is 9.59 Å². The highest BCUT2D eigenvalue weighted by Crippen LogP contribution is 2.18. The molecule has 0 unspecified atom stereocenters. The lowest BCUT2D eigenvalue weighted by atomic mass is 10.1. The zero-order valence-corrected chi connectivity index (χ0v) is 12.1. The Kier molecular flexibility index (Phi) is 4.57. The standard InChI is InChI=1S/C15H19N3O3/c1-3-9(2)16-13(19)8-12-15(21)17-11-7-5-4-6-10(11)14(20)18-12/h4-7,9,12H,3,8H2,1-2H3,(H,16,19)(H,17,21)(H,18,20)/t9-,12-/m1/s1. The predicted molar refractivity (Wildman–Crippen MR) is 78.8 cm³/mol. The third kappa shape index (κ3) is 3.59. The minimum Gasteiger partial charge on any atom is -0.354 e. The van der Waals surface area contributed by atoms with E-state index in [9.17, 15) is 14.4 Å². The Morgan fingerprint density at radius 3 is 2.76 bits per heavy atom. The maximum absolute atomic E-state index is 12.1. The van der Waals surface area contributed by atoms with Crippen molar-refractivity contribution in [3.8, 4) is 0 Å². The van der Waals surface area contributed by atoms with Crippen LogP contribution in [0.4, 0.5) is 5.69 Å². The first kappa shape index (κ1) is 15.0. The van der Waals surface area contributed by atoms with Crippen LogP contribution in [0, 0.1) is 0 Å². The first-order valence-corrected chi connectivity index (χ1v) is 7.01. The van der Waals surface area contributed by atoms with Gasteiger partial charge < -0.3 is 16.0 Å². The number of hydrogen-bond donors (Lipinski definition) is 3. The fourth-order valence-corrected chi connectivity index (χ4v) is 2.08. The van der Waals surface area contributed by atoms with Crippen molar-refractivity contribution in [3.63, 3.8) is 0 Å². The van der Waals surface area contributed by atoms with Crippen molar-refractivity contribution in [2.45, 2.75) is 38.8 Å². The number of para-hydroxylation sites is 1. The van der Waals surface area contributed by atoms with Crippen molar-refractivity contribution < 1.29 is 14.4 Å². The highest BCUT2D eigenvalue weighted by molar-refractivity contribution is 6.10. The van der Waals surface area contributed by atoms with Gasteiger partial charge in [-0.25, -0.2) is 0 Å². The van der Waals surface area contributed by atoms with Crippen molar-refractivity contribution in [1.82, 2.24) is 10.6 Å². The van der Waals surface area contributed by atoms with E-state index >= 15 is 0 Å². The quantitative estimate of drug-likeness (QED) is 0.774. The molecule has 6 nitrogen and oxygen atoms in total. The molecule has 1 aromatic carbocycles. The number of benzene rings is 1. The molecule has 1 aromatic rings. The number of carbonyl (C=O) groups is 3. The molecule has 0 saturated heterocycles. The largest absolute Gasteiger partial charge is 0.354 e. The van der Waals surface area contributed by atoms with E-state index < -0.39 is 6.04 Å². The monoisotopic (exact) mass is 289 g/mol. The number of rotatable bonds is 4. The summed E-state index contributed by atoms with van der Waals surface area (Å²) in [5.74, 6) is -0.992. The topological polar surface area (TPSA) is 87.3 Å². The third-order valence-electron chi connectivity index (χ3n) is 3.46. The summed E-state index contributed by atoms with van der Waals surface area (Å²) in [6, 6.07) is 5.93. The van der Waals surface area contributed by atoms with Gasteiger partial charge >= 0.3 is 0 Å². The van der Waals surface area contributed by atoms with E-state index in [2.05, 4.69) is 16.0 Å². The van der Waals surface area contributed by atoms with Crippen molar-refractivity contribution in [1.29, 1.82) is 0 Å². The van der Waals surface area contributed by atoms with Crippen LogP contribution in [0.25, 0.3) is 0 Å². The molecule has 3 amide bonds. The average Bonchev–Trinajstić information content (AvgIpc) is 2.57. The molecule has 6 heteroatoms. The first-order valence-electron chi connectivity index (χ1n) is 7.01. The molecule has 2 atom stereocenters. The van der Waals surface area contributed by atoms with E-state index in [1.54, 1.807) is 24.3 Å². The maximum Gasteiger partial charge on any atom is 0.254 e. The molecule has 112 valence electrons. The molecule has 0 radical (unpaired) electrons. The average molecular weight is 289 g/mol. The van der Waals surface area contributed by atoms with Crippen LogP contribution >= 0.6 is 0 Å². The Labute approximate surface area is 123 Å². The predicted octanol–water partition coefficient (Wildman–Crippen LogP) is 1.04. The normalized spacial score (nSPS) is 18.9. The molecule has 0 bridgehead atoms. The molecule has 3 N–H and O–H groups in total. The number of carbonyl (C=O) groups excluding carboxylic acids is 3. The Hall–Kier alpha value is -2.37. The van der Waals surface area contributed by atoms with E-state index in [0.717, 1.165) is 6.42 Å². The molecule has 0 spiro atoms. The first-order chi connectivity index (χ1) is 10.0. The molecule has 1 aliphatic heterocycles. The lowest BCUT2D eigenvalue weighted by molar-refractivity contribution is -0.126. The van der Waals surface area contributed by atoms with Crippen LogP contribution in [-0.4, -0.2) is 29.8 Å². The lowest BCUT2D eigenvalue weighted by Crippen LogP contribution is -2.45. The maximum atomic E-state index is 12.1. The second-order valence-corrected chi connectivity index (χ2v) is 5.14. The lowest BCUT2D eigenvalue weighted by Gasteiger charge is -2.16. The van der Waals surface area contributed by atoms with Gasteiger partial charge in [0, 0.05) is 6.04 Å². The minimum absolute atomic E-state index is 0.0410. The van der Waals surface area contributed by atoms with Gasteiger partial charge in [-0.2, -0.15) is 0 Å². The SMILES string of the molecule is CC[C@@H](C)NC(=O)C[C@H]1NC(=O)c2ccccc2NC1=O.